The topological polar surface area (TPSA) is 30.7 Å². The minimum Gasteiger partial charge on any atom is -0.249 e. The van der Waals surface area contributed by atoms with Crippen molar-refractivity contribution in [2.24, 2.45) is 0 Å². The van der Waals surface area contributed by atoms with Crippen LogP contribution in [0.2, 0.25) is 0 Å². The predicted molar refractivity (Wildman–Crippen MR) is 60.2 cm³/mol. The van der Waals surface area contributed by atoms with Crippen LogP contribution >= 0.6 is 0 Å². The Bertz CT molecular complexity index is 494. The van der Waals surface area contributed by atoms with Gasteiger partial charge in [-0.1, -0.05) is 12.1 Å². The molecule has 2 radical (unpaired) electrons. The molecule has 0 aliphatic rings. The van der Waals surface area contributed by atoms with Crippen molar-refractivity contribution in [3.63, 3.8) is 0 Å². The van der Waals surface area contributed by atoms with E-state index in [2.05, 4.69) is 10.1 Å². The Morgan fingerprint density at radius 3 is 3.00 bits per heavy atom. The Hall–Kier alpha value is -1.91. The van der Waals surface area contributed by atoms with Crippen LogP contribution in [0.25, 0.3) is 5.57 Å². The van der Waals surface area contributed by atoms with E-state index in [4.69, 9.17) is 7.85 Å². The van der Waals surface area contributed by atoms with Crippen molar-refractivity contribution >= 4 is 13.4 Å². The fraction of sp³-hybridized carbons (Fsp3) is 0.0909. The third-order valence-corrected chi connectivity index (χ3v) is 2.20. The molecule has 0 aliphatic heterocycles. The molecule has 16 heavy (non-hydrogen) atoms. The van der Waals surface area contributed by atoms with Gasteiger partial charge < -0.3 is 0 Å². The Morgan fingerprint density at radius 1 is 1.50 bits per heavy atom. The molecule has 0 aliphatic carbocycles. The summed E-state index contributed by atoms with van der Waals surface area (Å²) in [6.07, 6.45) is 3.03. The van der Waals surface area contributed by atoms with Crippen LogP contribution in [0.15, 0.2) is 42.9 Å². The lowest BCUT2D eigenvalue weighted by atomic mass is 9.98. The zero-order valence-corrected chi connectivity index (χ0v) is 8.55. The van der Waals surface area contributed by atoms with E-state index in [0.717, 1.165) is 11.1 Å². The van der Waals surface area contributed by atoms with E-state index in [1.165, 1.54) is 24.4 Å². The van der Waals surface area contributed by atoms with Gasteiger partial charge in [0.2, 0.25) is 0 Å². The first-order valence-electron chi connectivity index (χ1n) is 4.78. The number of aromatic nitrogens is 3. The van der Waals surface area contributed by atoms with Crippen LogP contribution in [0.5, 0.6) is 0 Å². The van der Waals surface area contributed by atoms with E-state index < -0.39 is 0 Å². The number of benzene rings is 1. The van der Waals surface area contributed by atoms with Crippen molar-refractivity contribution < 1.29 is 4.39 Å². The van der Waals surface area contributed by atoms with E-state index in [1.54, 1.807) is 23.1 Å². The monoisotopic (exact) mass is 213 g/mol. The van der Waals surface area contributed by atoms with E-state index in [1.807, 2.05) is 0 Å². The summed E-state index contributed by atoms with van der Waals surface area (Å²) in [4.78, 5) is 3.83. The van der Waals surface area contributed by atoms with Crippen LogP contribution in [0, 0.1) is 5.82 Å². The largest absolute Gasteiger partial charge is 0.249 e. The highest BCUT2D eigenvalue weighted by atomic mass is 19.1. The van der Waals surface area contributed by atoms with Crippen molar-refractivity contribution in [1.82, 2.24) is 14.8 Å². The third-order valence-electron chi connectivity index (χ3n) is 2.20. The molecule has 78 valence electrons. The zero-order chi connectivity index (χ0) is 11.4. The minimum atomic E-state index is -0.282. The van der Waals surface area contributed by atoms with Gasteiger partial charge in [-0.05, 0) is 23.3 Å². The average molecular weight is 213 g/mol. The van der Waals surface area contributed by atoms with E-state index >= 15 is 0 Å². The first kappa shape index (κ1) is 10.6. The summed E-state index contributed by atoms with van der Waals surface area (Å²) in [5.74, 6) is 1.17. The molecule has 2 rings (SSSR count). The van der Waals surface area contributed by atoms with Crippen LogP contribution < -0.4 is 0 Å². The second-order valence-electron chi connectivity index (χ2n) is 3.30. The van der Waals surface area contributed by atoms with Crippen LogP contribution in [0.4, 0.5) is 4.39 Å². The van der Waals surface area contributed by atoms with Gasteiger partial charge in [0.15, 0.2) is 0 Å². The molecular formula is C11H9BFN3. The quantitative estimate of drug-likeness (QED) is 0.725. The van der Waals surface area contributed by atoms with Crippen molar-refractivity contribution in [2.75, 3.05) is 0 Å². The lowest BCUT2D eigenvalue weighted by Gasteiger charge is -2.07. The molecule has 5 heteroatoms. The molecule has 0 spiro atoms. The Morgan fingerprint density at radius 2 is 2.38 bits per heavy atom. The van der Waals surface area contributed by atoms with Gasteiger partial charge in [-0.2, -0.15) is 5.10 Å². The molecule has 0 amide bonds. The zero-order valence-electron chi connectivity index (χ0n) is 8.55. The maximum absolute atomic E-state index is 13.0. The van der Waals surface area contributed by atoms with E-state index in [0.29, 0.717) is 6.54 Å². The van der Waals surface area contributed by atoms with Gasteiger partial charge in [0.1, 0.15) is 26.3 Å². The maximum atomic E-state index is 13.0. The molecule has 3 nitrogen and oxygen atoms in total. The van der Waals surface area contributed by atoms with Gasteiger partial charge in [0, 0.05) is 0 Å². The fourth-order valence-electron chi connectivity index (χ4n) is 1.42. The van der Waals surface area contributed by atoms with Crippen LogP contribution in [0.3, 0.4) is 0 Å². The smallest absolute Gasteiger partial charge is 0.137 e. The number of rotatable bonds is 3. The second kappa shape index (κ2) is 4.74. The Labute approximate surface area is 94.0 Å². The second-order valence-corrected chi connectivity index (χ2v) is 3.30. The Kier molecular flexibility index (Phi) is 3.15. The highest BCUT2D eigenvalue weighted by Crippen LogP contribution is 2.16. The summed E-state index contributed by atoms with van der Waals surface area (Å²) < 4.78 is 14.7. The standard InChI is InChI=1S/C11H9BFN3/c12-5-10(6-16-8-14-7-15-16)9-2-1-3-11(13)4-9/h1-5,7-8H,6H2. The minimum absolute atomic E-state index is 0.282. The highest BCUT2D eigenvalue weighted by Gasteiger charge is 2.03. The molecule has 0 unspecified atom stereocenters. The average Bonchev–Trinajstić information content (AvgIpc) is 2.78. The van der Waals surface area contributed by atoms with Crippen LogP contribution in [0.1, 0.15) is 5.56 Å². The van der Waals surface area contributed by atoms with Crippen molar-refractivity contribution in [3.8, 4) is 0 Å². The van der Waals surface area contributed by atoms with Gasteiger partial charge in [0.05, 0.1) is 6.54 Å². The summed E-state index contributed by atoms with van der Waals surface area (Å²) in [6, 6.07) is 6.29. The molecule has 0 N–H and O–H groups in total. The lowest BCUT2D eigenvalue weighted by Crippen LogP contribution is -2.01. The molecule has 1 aromatic carbocycles. The lowest BCUT2D eigenvalue weighted by molar-refractivity contribution is 0.627. The van der Waals surface area contributed by atoms with Crippen molar-refractivity contribution in [2.45, 2.75) is 6.54 Å². The summed E-state index contributed by atoms with van der Waals surface area (Å²) in [7, 11) is 5.53. The third kappa shape index (κ3) is 2.36. The SMILES string of the molecule is [B]C=C(Cn1cncn1)c1cccc(F)c1. The number of hydrogen-bond acceptors (Lipinski definition) is 2. The maximum Gasteiger partial charge on any atom is 0.137 e. The van der Waals surface area contributed by atoms with Crippen molar-refractivity contribution in [3.05, 3.63) is 54.3 Å². The van der Waals surface area contributed by atoms with Crippen molar-refractivity contribution in [1.29, 1.82) is 0 Å². The van der Waals surface area contributed by atoms with Gasteiger partial charge in [-0.25, -0.2) is 14.1 Å². The number of halogens is 1. The first-order chi connectivity index (χ1) is 7.79. The normalized spacial score (nSPS) is 11.7. The summed E-state index contributed by atoms with van der Waals surface area (Å²) in [5.41, 5.74) is 1.54. The molecule has 0 saturated carbocycles. The molecule has 0 saturated heterocycles. The molecule has 2 aromatic rings. The number of allylic oxidation sites excluding steroid dienone is 1. The van der Waals surface area contributed by atoms with Crippen LogP contribution in [-0.4, -0.2) is 22.6 Å². The molecular weight excluding hydrogens is 204 g/mol. The molecule has 1 heterocycles. The van der Waals surface area contributed by atoms with Gasteiger partial charge in [-0.3, -0.25) is 0 Å². The predicted octanol–water partition coefficient (Wildman–Crippen LogP) is 1.63. The summed E-state index contributed by atoms with van der Waals surface area (Å²) >= 11 is 0. The Balaban J connectivity index is 2.24. The molecule has 0 fully saturated rings. The summed E-state index contributed by atoms with van der Waals surface area (Å²) in [5, 5.41) is 3.97. The van der Waals surface area contributed by atoms with Gasteiger partial charge >= 0.3 is 0 Å². The number of nitrogens with zero attached hydrogens (tertiary/aromatic N) is 3. The highest BCUT2D eigenvalue weighted by molar-refractivity contribution is 6.20. The molecule has 0 bridgehead atoms. The van der Waals surface area contributed by atoms with Gasteiger partial charge in [0.25, 0.3) is 0 Å². The first-order valence-corrected chi connectivity index (χ1v) is 4.78. The van der Waals surface area contributed by atoms with Gasteiger partial charge in [-0.15, -0.1) is 5.98 Å². The molecule has 1 aromatic heterocycles. The fourth-order valence-corrected chi connectivity index (χ4v) is 1.42. The van der Waals surface area contributed by atoms with E-state index in [9.17, 15) is 4.39 Å². The number of hydrogen-bond donors (Lipinski definition) is 0. The van der Waals surface area contributed by atoms with E-state index in [-0.39, 0.29) is 5.82 Å². The van der Waals surface area contributed by atoms with Crippen LogP contribution in [-0.2, 0) is 6.54 Å². The summed E-state index contributed by atoms with van der Waals surface area (Å²) in [6.45, 7) is 0.472. The molecule has 0 atom stereocenters.